The summed E-state index contributed by atoms with van der Waals surface area (Å²) in [5.41, 5.74) is 1.25. The third kappa shape index (κ3) is 2.52. The monoisotopic (exact) mass is 354 g/mol. The van der Waals surface area contributed by atoms with Crippen molar-refractivity contribution in [1.82, 2.24) is 0 Å². The molecule has 2 heterocycles. The molecule has 0 spiro atoms. The van der Waals surface area contributed by atoms with Gasteiger partial charge in [-0.2, -0.15) is 0 Å². The number of aryl methyl sites for hydroxylation is 1. The second-order valence-electron chi connectivity index (χ2n) is 5.45. The van der Waals surface area contributed by atoms with Crippen LogP contribution in [0.4, 0.5) is 11.4 Å². The van der Waals surface area contributed by atoms with Crippen LogP contribution in [-0.2, 0) is 19.2 Å². The smallest absolute Gasteiger partial charge is 0.252 e. The molecule has 23 heavy (non-hydrogen) atoms. The maximum Gasteiger partial charge on any atom is 0.252 e. The molecule has 2 saturated heterocycles. The average Bonchev–Trinajstić information content (AvgIpc) is 2.88. The van der Waals surface area contributed by atoms with E-state index in [1.54, 1.807) is 19.1 Å². The second-order valence-corrected chi connectivity index (χ2v) is 6.50. The van der Waals surface area contributed by atoms with Crippen molar-refractivity contribution in [1.29, 1.82) is 0 Å². The van der Waals surface area contributed by atoms with Gasteiger partial charge in [-0.25, -0.2) is 9.80 Å². The third-order valence-electron chi connectivity index (χ3n) is 3.87. The number of halogens is 2. The molecule has 2 aliphatic rings. The highest BCUT2D eigenvalue weighted by molar-refractivity contribution is 6.42. The van der Waals surface area contributed by atoms with E-state index >= 15 is 0 Å². The van der Waals surface area contributed by atoms with E-state index in [2.05, 4.69) is 0 Å². The minimum atomic E-state index is -0.896. The molecule has 0 N–H and O–H groups in total. The number of anilines is 2. The molecular formula is C15H12Cl2N2O4. The molecule has 1 aromatic rings. The van der Waals surface area contributed by atoms with Crippen molar-refractivity contribution in [3.8, 4) is 0 Å². The molecule has 0 radical (unpaired) electrons. The van der Waals surface area contributed by atoms with Gasteiger partial charge >= 0.3 is 0 Å². The quantitative estimate of drug-likeness (QED) is 0.598. The Morgan fingerprint density at radius 2 is 1.43 bits per heavy atom. The first kappa shape index (κ1) is 16.0. The van der Waals surface area contributed by atoms with Crippen molar-refractivity contribution >= 4 is 58.2 Å². The van der Waals surface area contributed by atoms with Crippen molar-refractivity contribution in [2.75, 3.05) is 9.80 Å². The van der Waals surface area contributed by atoms with E-state index in [1.165, 1.54) is 6.07 Å². The molecule has 1 aromatic carbocycles. The van der Waals surface area contributed by atoms with E-state index in [1.807, 2.05) is 0 Å². The number of hydrogen-bond donors (Lipinski definition) is 0. The summed E-state index contributed by atoms with van der Waals surface area (Å²) in [6, 6.07) is 4.67. The minimum absolute atomic E-state index is 0.0740. The van der Waals surface area contributed by atoms with E-state index in [0.29, 0.717) is 11.3 Å². The largest absolute Gasteiger partial charge is 0.274 e. The molecule has 3 rings (SSSR count). The number of benzene rings is 1. The van der Waals surface area contributed by atoms with Gasteiger partial charge in [-0.05, 0) is 24.6 Å². The summed E-state index contributed by atoms with van der Waals surface area (Å²) < 4.78 is 0. The van der Waals surface area contributed by atoms with E-state index in [-0.39, 0.29) is 18.5 Å². The number of nitrogens with zero attached hydrogens (tertiary/aromatic N) is 2. The Kier molecular flexibility index (Phi) is 3.90. The zero-order chi connectivity index (χ0) is 16.9. The molecule has 0 aromatic heterocycles. The highest BCUT2D eigenvalue weighted by Crippen LogP contribution is 2.34. The predicted molar refractivity (Wildman–Crippen MR) is 84.7 cm³/mol. The molecule has 0 bridgehead atoms. The Morgan fingerprint density at radius 1 is 0.913 bits per heavy atom. The minimum Gasteiger partial charge on any atom is -0.274 e. The van der Waals surface area contributed by atoms with Crippen LogP contribution in [0.1, 0.15) is 18.4 Å². The van der Waals surface area contributed by atoms with Crippen LogP contribution in [0.3, 0.4) is 0 Å². The zero-order valence-corrected chi connectivity index (χ0v) is 13.6. The highest BCUT2D eigenvalue weighted by atomic mass is 35.5. The van der Waals surface area contributed by atoms with Gasteiger partial charge in [-0.3, -0.25) is 19.2 Å². The Balaban J connectivity index is 2.04. The topological polar surface area (TPSA) is 74.8 Å². The molecule has 8 heteroatoms. The van der Waals surface area contributed by atoms with E-state index < -0.39 is 34.4 Å². The number of rotatable bonds is 2. The van der Waals surface area contributed by atoms with E-state index in [4.69, 9.17) is 23.2 Å². The van der Waals surface area contributed by atoms with Crippen LogP contribution < -0.4 is 9.80 Å². The summed E-state index contributed by atoms with van der Waals surface area (Å²) in [6.45, 7) is 1.72. The standard InChI is InChI=1S/C15H12Cl2N2O4/c1-7-2-3-8(18-12(20)5-9(16)14(18)22)4-11(7)19-13(21)6-10(17)15(19)23/h2-4,9-10H,5-6H2,1H3. The summed E-state index contributed by atoms with van der Waals surface area (Å²) in [5.74, 6) is -1.85. The van der Waals surface area contributed by atoms with Gasteiger partial charge in [0.25, 0.3) is 11.8 Å². The summed E-state index contributed by atoms with van der Waals surface area (Å²) >= 11 is 11.7. The lowest BCUT2D eigenvalue weighted by Gasteiger charge is -2.20. The van der Waals surface area contributed by atoms with Gasteiger partial charge < -0.3 is 0 Å². The van der Waals surface area contributed by atoms with Gasteiger partial charge in [-0.1, -0.05) is 6.07 Å². The number of amides is 4. The zero-order valence-electron chi connectivity index (χ0n) is 12.1. The lowest BCUT2D eigenvalue weighted by atomic mass is 10.1. The van der Waals surface area contributed by atoms with Gasteiger partial charge in [0.1, 0.15) is 10.8 Å². The van der Waals surface area contributed by atoms with E-state index in [0.717, 1.165) is 9.80 Å². The van der Waals surface area contributed by atoms with Gasteiger partial charge in [0.15, 0.2) is 0 Å². The van der Waals surface area contributed by atoms with Crippen molar-refractivity contribution in [2.24, 2.45) is 0 Å². The first-order valence-corrected chi connectivity index (χ1v) is 7.81. The SMILES string of the molecule is Cc1ccc(N2C(=O)CC(Cl)C2=O)cc1N1C(=O)CC(Cl)C1=O. The summed E-state index contributed by atoms with van der Waals surface area (Å²) in [7, 11) is 0. The van der Waals surface area contributed by atoms with Crippen LogP contribution in [0, 0.1) is 6.92 Å². The van der Waals surface area contributed by atoms with Crippen LogP contribution in [0.15, 0.2) is 18.2 Å². The summed E-state index contributed by atoms with van der Waals surface area (Å²) in [5, 5.41) is -1.79. The van der Waals surface area contributed by atoms with Gasteiger partial charge in [-0.15, -0.1) is 23.2 Å². The molecule has 2 aliphatic heterocycles. The fourth-order valence-corrected chi connectivity index (χ4v) is 3.15. The third-order valence-corrected chi connectivity index (χ3v) is 4.56. The normalized spacial score (nSPS) is 25.0. The number of imide groups is 2. The second kappa shape index (κ2) is 5.62. The lowest BCUT2D eigenvalue weighted by Crippen LogP contribution is -2.33. The van der Waals surface area contributed by atoms with Crippen LogP contribution >= 0.6 is 23.2 Å². The predicted octanol–water partition coefficient (Wildman–Crippen LogP) is 1.74. The summed E-state index contributed by atoms with van der Waals surface area (Å²) in [4.78, 5) is 50.0. The molecule has 2 atom stereocenters. The lowest BCUT2D eigenvalue weighted by molar-refractivity contribution is -0.122. The number of carbonyl (C=O) groups excluding carboxylic acids is 4. The molecular weight excluding hydrogens is 343 g/mol. The molecule has 0 aliphatic carbocycles. The Morgan fingerprint density at radius 3 is 1.91 bits per heavy atom. The number of carbonyl (C=O) groups is 4. The number of alkyl halides is 2. The molecule has 6 nitrogen and oxygen atoms in total. The van der Waals surface area contributed by atoms with Crippen LogP contribution in [-0.4, -0.2) is 34.4 Å². The Labute approximate surface area is 141 Å². The van der Waals surface area contributed by atoms with Crippen LogP contribution in [0.5, 0.6) is 0 Å². The molecule has 2 fully saturated rings. The summed E-state index contributed by atoms with van der Waals surface area (Å²) in [6.07, 6.45) is -0.148. The van der Waals surface area contributed by atoms with Crippen molar-refractivity contribution in [2.45, 2.75) is 30.5 Å². The van der Waals surface area contributed by atoms with Crippen LogP contribution in [0.2, 0.25) is 0 Å². The van der Waals surface area contributed by atoms with Gasteiger partial charge in [0.2, 0.25) is 11.8 Å². The van der Waals surface area contributed by atoms with Gasteiger partial charge in [0, 0.05) is 0 Å². The van der Waals surface area contributed by atoms with E-state index in [9.17, 15) is 19.2 Å². The first-order chi connectivity index (χ1) is 10.8. The highest BCUT2D eigenvalue weighted by Gasteiger charge is 2.41. The first-order valence-electron chi connectivity index (χ1n) is 6.93. The van der Waals surface area contributed by atoms with Crippen molar-refractivity contribution in [3.05, 3.63) is 23.8 Å². The number of hydrogen-bond acceptors (Lipinski definition) is 4. The Bertz CT molecular complexity index is 749. The van der Waals surface area contributed by atoms with Crippen molar-refractivity contribution < 1.29 is 19.2 Å². The van der Waals surface area contributed by atoms with Crippen LogP contribution in [0.25, 0.3) is 0 Å². The molecule has 2 unspecified atom stereocenters. The van der Waals surface area contributed by atoms with Gasteiger partial charge in [0.05, 0.1) is 24.2 Å². The maximum absolute atomic E-state index is 12.1. The molecule has 4 amide bonds. The fraction of sp³-hybridized carbons (Fsp3) is 0.333. The van der Waals surface area contributed by atoms with Crippen molar-refractivity contribution in [3.63, 3.8) is 0 Å². The molecule has 0 saturated carbocycles. The maximum atomic E-state index is 12.1. The fourth-order valence-electron chi connectivity index (χ4n) is 2.69. The average molecular weight is 355 g/mol. The Hall–Kier alpha value is -1.92. The molecule has 120 valence electrons.